The maximum atomic E-state index is 10.9. The average molecular weight is 309 g/mol. The first-order valence-corrected chi connectivity index (χ1v) is 7.46. The predicted molar refractivity (Wildman–Crippen MR) is 83.6 cm³/mol. The van der Waals surface area contributed by atoms with Crippen molar-refractivity contribution in [2.75, 3.05) is 46.9 Å². The molecule has 22 heavy (non-hydrogen) atoms. The molecule has 1 aliphatic rings. The minimum absolute atomic E-state index is 0.00600. The van der Waals surface area contributed by atoms with E-state index in [0.717, 1.165) is 39.1 Å². The molecule has 1 aromatic carbocycles. The van der Waals surface area contributed by atoms with Gasteiger partial charge in [0.25, 0.3) is 5.69 Å². The number of nitrogens with zero attached hydrogens (tertiary/aromatic N) is 3. The van der Waals surface area contributed by atoms with Crippen LogP contribution in [-0.2, 0) is 6.42 Å². The van der Waals surface area contributed by atoms with Gasteiger partial charge in [0.1, 0.15) is 0 Å². The van der Waals surface area contributed by atoms with Gasteiger partial charge in [0.05, 0.1) is 18.1 Å². The number of nitro benzene ring substituents is 1. The number of phenols is 1. The summed E-state index contributed by atoms with van der Waals surface area (Å²) < 4.78 is 5.01. The second kappa shape index (κ2) is 7.42. The maximum Gasteiger partial charge on any atom is 0.273 e. The highest BCUT2D eigenvalue weighted by Gasteiger charge is 2.17. The molecule has 0 radical (unpaired) electrons. The summed E-state index contributed by atoms with van der Waals surface area (Å²) in [4.78, 5) is 15.2. The van der Waals surface area contributed by atoms with Crippen molar-refractivity contribution >= 4 is 5.69 Å². The zero-order chi connectivity index (χ0) is 16.1. The lowest BCUT2D eigenvalue weighted by Crippen LogP contribution is -2.44. The normalized spacial score (nSPS) is 16.6. The van der Waals surface area contributed by atoms with E-state index in [1.807, 2.05) is 0 Å². The van der Waals surface area contributed by atoms with Gasteiger partial charge in [0.15, 0.2) is 11.5 Å². The van der Waals surface area contributed by atoms with Crippen molar-refractivity contribution in [1.82, 2.24) is 9.80 Å². The van der Waals surface area contributed by atoms with Gasteiger partial charge in [0.2, 0.25) is 0 Å². The molecule has 0 aliphatic carbocycles. The van der Waals surface area contributed by atoms with Crippen LogP contribution in [0.25, 0.3) is 0 Å². The second-order valence-corrected chi connectivity index (χ2v) is 5.66. The first-order chi connectivity index (χ1) is 10.5. The lowest BCUT2D eigenvalue weighted by atomic mass is 10.1. The molecule has 0 atom stereocenters. The molecule has 1 saturated heterocycles. The van der Waals surface area contributed by atoms with Crippen LogP contribution in [-0.4, -0.2) is 66.7 Å². The molecule has 0 spiro atoms. The van der Waals surface area contributed by atoms with Crippen molar-refractivity contribution in [2.24, 2.45) is 0 Å². The lowest BCUT2D eigenvalue weighted by molar-refractivity contribution is -0.385. The van der Waals surface area contributed by atoms with E-state index in [1.54, 1.807) is 0 Å². The molecule has 122 valence electrons. The Morgan fingerprint density at radius 2 is 2.00 bits per heavy atom. The number of non-ortho nitro benzene ring substituents is 1. The molecule has 1 aliphatic heterocycles. The minimum atomic E-state index is -0.466. The topological polar surface area (TPSA) is 79.1 Å². The molecule has 1 N–H and O–H groups in total. The Hall–Kier alpha value is -1.86. The summed E-state index contributed by atoms with van der Waals surface area (Å²) in [6.45, 7) is 5.14. The molecule has 0 bridgehead atoms. The summed E-state index contributed by atoms with van der Waals surface area (Å²) >= 11 is 0. The first-order valence-electron chi connectivity index (χ1n) is 7.46. The first kappa shape index (κ1) is 16.5. The summed E-state index contributed by atoms with van der Waals surface area (Å²) in [5.74, 6) is 0.162. The predicted octanol–water partition coefficient (Wildman–Crippen LogP) is 1.49. The summed E-state index contributed by atoms with van der Waals surface area (Å²) in [6, 6.07) is 2.68. The Morgan fingerprint density at radius 3 is 2.59 bits per heavy atom. The Morgan fingerprint density at radius 1 is 1.32 bits per heavy atom. The van der Waals surface area contributed by atoms with Gasteiger partial charge in [-0.2, -0.15) is 0 Å². The fraction of sp³-hybridized carbons (Fsp3) is 0.600. The van der Waals surface area contributed by atoms with E-state index in [-0.39, 0.29) is 17.2 Å². The molecule has 7 nitrogen and oxygen atoms in total. The van der Waals surface area contributed by atoms with Crippen LogP contribution in [0.4, 0.5) is 5.69 Å². The second-order valence-electron chi connectivity index (χ2n) is 5.66. The Kier molecular flexibility index (Phi) is 5.57. The lowest BCUT2D eigenvalue weighted by Gasteiger charge is -2.32. The highest BCUT2D eigenvalue weighted by atomic mass is 16.6. The van der Waals surface area contributed by atoms with E-state index in [2.05, 4.69) is 16.8 Å². The van der Waals surface area contributed by atoms with Crippen LogP contribution < -0.4 is 4.74 Å². The van der Waals surface area contributed by atoms with Crippen LogP contribution in [0.15, 0.2) is 12.1 Å². The molecule has 0 aromatic heterocycles. The van der Waals surface area contributed by atoms with Crippen molar-refractivity contribution < 1.29 is 14.8 Å². The third-order valence-corrected chi connectivity index (χ3v) is 4.09. The Balaban J connectivity index is 1.97. The van der Waals surface area contributed by atoms with Gasteiger partial charge in [0, 0.05) is 37.8 Å². The summed E-state index contributed by atoms with van der Waals surface area (Å²) in [6.07, 6.45) is 1.44. The van der Waals surface area contributed by atoms with Crippen molar-refractivity contribution in [3.8, 4) is 11.5 Å². The van der Waals surface area contributed by atoms with Gasteiger partial charge in [-0.1, -0.05) is 0 Å². The number of piperazine rings is 1. The van der Waals surface area contributed by atoms with Crippen LogP contribution >= 0.6 is 0 Å². The highest BCUT2D eigenvalue weighted by molar-refractivity contribution is 5.53. The van der Waals surface area contributed by atoms with Gasteiger partial charge >= 0.3 is 0 Å². The molecular formula is C15H23N3O4. The Labute approximate surface area is 130 Å². The number of ether oxygens (including phenoxy) is 1. The molecule has 2 rings (SSSR count). The van der Waals surface area contributed by atoms with Crippen LogP contribution in [0.2, 0.25) is 0 Å². The fourth-order valence-electron chi connectivity index (χ4n) is 2.67. The molecular weight excluding hydrogens is 286 g/mol. The Bertz CT molecular complexity index is 528. The van der Waals surface area contributed by atoms with Gasteiger partial charge in [-0.05, 0) is 26.4 Å². The van der Waals surface area contributed by atoms with E-state index in [0.29, 0.717) is 12.0 Å². The third-order valence-electron chi connectivity index (χ3n) is 4.09. The van der Waals surface area contributed by atoms with E-state index < -0.39 is 4.92 Å². The van der Waals surface area contributed by atoms with Gasteiger partial charge in [-0.15, -0.1) is 0 Å². The molecule has 0 unspecified atom stereocenters. The summed E-state index contributed by atoms with van der Waals surface area (Å²) in [7, 11) is 3.51. The van der Waals surface area contributed by atoms with E-state index in [4.69, 9.17) is 4.74 Å². The fourth-order valence-corrected chi connectivity index (χ4v) is 2.67. The molecule has 1 fully saturated rings. The van der Waals surface area contributed by atoms with E-state index in [1.165, 1.54) is 19.2 Å². The number of hydrogen-bond acceptors (Lipinski definition) is 6. The van der Waals surface area contributed by atoms with Crippen molar-refractivity contribution in [3.05, 3.63) is 27.8 Å². The zero-order valence-corrected chi connectivity index (χ0v) is 13.1. The summed E-state index contributed by atoms with van der Waals surface area (Å²) in [5, 5.41) is 21.0. The molecule has 1 aromatic rings. The number of aryl methyl sites for hydroxylation is 1. The summed E-state index contributed by atoms with van der Waals surface area (Å²) in [5.41, 5.74) is 0.518. The number of aromatic hydroxyl groups is 1. The van der Waals surface area contributed by atoms with Crippen LogP contribution in [0, 0.1) is 10.1 Å². The number of rotatable bonds is 6. The standard InChI is InChI=1S/C15H23N3O4/c1-16-6-8-17(9-7-16)5-3-4-12-10-13(18(20)21)11-14(22-2)15(12)19/h10-11,19H,3-9H2,1-2H3. The van der Waals surface area contributed by atoms with Crippen molar-refractivity contribution in [2.45, 2.75) is 12.8 Å². The monoisotopic (exact) mass is 309 g/mol. The number of likely N-dealkylation sites (N-methyl/N-ethyl adjacent to an activating group) is 1. The van der Waals surface area contributed by atoms with Crippen molar-refractivity contribution in [1.29, 1.82) is 0 Å². The third kappa shape index (κ3) is 4.08. The van der Waals surface area contributed by atoms with Gasteiger partial charge in [-0.3, -0.25) is 10.1 Å². The maximum absolute atomic E-state index is 10.9. The van der Waals surface area contributed by atoms with Gasteiger partial charge < -0.3 is 19.6 Å². The highest BCUT2D eigenvalue weighted by Crippen LogP contribution is 2.35. The number of nitro groups is 1. The number of phenolic OH excluding ortho intramolecular Hbond substituents is 1. The smallest absolute Gasteiger partial charge is 0.273 e. The number of methoxy groups -OCH3 is 1. The van der Waals surface area contributed by atoms with Crippen molar-refractivity contribution in [3.63, 3.8) is 0 Å². The molecule has 1 heterocycles. The molecule has 7 heteroatoms. The number of hydrogen-bond donors (Lipinski definition) is 1. The largest absolute Gasteiger partial charge is 0.504 e. The van der Waals surface area contributed by atoms with E-state index in [9.17, 15) is 15.2 Å². The molecule has 0 amide bonds. The minimum Gasteiger partial charge on any atom is -0.504 e. The SMILES string of the molecule is COc1cc([N+](=O)[O-])cc(CCCN2CCN(C)CC2)c1O. The number of benzene rings is 1. The molecule has 0 saturated carbocycles. The zero-order valence-electron chi connectivity index (χ0n) is 13.1. The van der Waals surface area contributed by atoms with Gasteiger partial charge in [-0.25, -0.2) is 0 Å². The van der Waals surface area contributed by atoms with Crippen LogP contribution in [0.3, 0.4) is 0 Å². The van der Waals surface area contributed by atoms with Crippen LogP contribution in [0.1, 0.15) is 12.0 Å². The van der Waals surface area contributed by atoms with Crippen LogP contribution in [0.5, 0.6) is 11.5 Å². The quantitative estimate of drug-likeness (QED) is 0.633. The van der Waals surface area contributed by atoms with E-state index >= 15 is 0 Å². The average Bonchev–Trinajstić information content (AvgIpc) is 2.50.